The van der Waals surface area contributed by atoms with Gasteiger partial charge >= 0.3 is 22.4 Å². The van der Waals surface area contributed by atoms with E-state index >= 15 is 0 Å². The Hall–Kier alpha value is -0.800. The smallest absolute Gasteiger partial charge is 0.442 e. The summed E-state index contributed by atoms with van der Waals surface area (Å²) in [5.74, 6) is 0. The maximum atomic E-state index is 6.10. The molecule has 3 rings (SSSR count). The molecular weight excluding hydrogens is 303 g/mol. The molecule has 15 heavy (non-hydrogen) atoms. The van der Waals surface area contributed by atoms with Gasteiger partial charge in [-0.25, -0.2) is 0 Å². The predicted molar refractivity (Wildman–Crippen MR) is 57.6 cm³/mol. The molecule has 2 nitrogen and oxygen atoms in total. The van der Waals surface area contributed by atoms with Gasteiger partial charge < -0.3 is 9.97 Å². The van der Waals surface area contributed by atoms with Crippen molar-refractivity contribution in [1.29, 1.82) is 0 Å². The molecule has 0 radical (unpaired) electrons. The maximum absolute atomic E-state index is 6.10. The van der Waals surface area contributed by atoms with Crippen molar-refractivity contribution < 1.29 is 22.4 Å². The van der Waals surface area contributed by atoms with Crippen molar-refractivity contribution in [3.8, 4) is 0 Å². The first kappa shape index (κ1) is 10.7. The molecule has 0 atom stereocenters. The first-order valence-electron chi connectivity index (χ1n) is 4.32. The van der Waals surface area contributed by atoms with E-state index in [1.807, 2.05) is 24.3 Å². The summed E-state index contributed by atoms with van der Waals surface area (Å²) < 4.78 is 0. The fourth-order valence-electron chi connectivity index (χ4n) is 1.66. The van der Waals surface area contributed by atoms with Crippen LogP contribution in [0.1, 0.15) is 0 Å². The molecule has 2 heterocycles. The van der Waals surface area contributed by atoms with Crippen molar-refractivity contribution >= 4 is 33.5 Å². The molecule has 0 aliphatic carbocycles. The fraction of sp³-hybridized carbons (Fsp3) is 0. The van der Waals surface area contributed by atoms with E-state index in [2.05, 4.69) is 9.97 Å². The van der Waals surface area contributed by atoms with Crippen molar-refractivity contribution in [2.45, 2.75) is 0 Å². The summed E-state index contributed by atoms with van der Waals surface area (Å²) in [5.41, 5.74) is 1.67. The van der Waals surface area contributed by atoms with Crippen LogP contribution in [0.3, 0.4) is 0 Å². The molecule has 0 aliphatic rings. The predicted octanol–water partition coefficient (Wildman–Crippen LogP) is 3.00. The third-order valence-electron chi connectivity index (χ3n) is 2.28. The second-order valence-electron chi connectivity index (χ2n) is 3.12. The van der Waals surface area contributed by atoms with Crippen LogP contribution < -0.4 is 4.98 Å². The summed E-state index contributed by atoms with van der Waals surface area (Å²) >= 11 is 6.10. The maximum Gasteiger partial charge on any atom is 1.00 e. The van der Waals surface area contributed by atoms with E-state index in [0.717, 1.165) is 21.9 Å². The molecular formula is C11H6AgClN2. The van der Waals surface area contributed by atoms with Gasteiger partial charge in [0.25, 0.3) is 0 Å². The number of halogens is 1. The van der Waals surface area contributed by atoms with Gasteiger partial charge in [-0.1, -0.05) is 42.1 Å². The van der Waals surface area contributed by atoms with Gasteiger partial charge in [0.05, 0.1) is 0 Å². The summed E-state index contributed by atoms with van der Waals surface area (Å²) in [6, 6.07) is 9.71. The van der Waals surface area contributed by atoms with Crippen LogP contribution in [-0.4, -0.2) is 4.98 Å². The summed E-state index contributed by atoms with van der Waals surface area (Å²) in [6.45, 7) is 0. The molecule has 1 aromatic carbocycles. The van der Waals surface area contributed by atoms with Gasteiger partial charge in [0, 0.05) is 5.02 Å². The Morgan fingerprint density at radius 3 is 2.80 bits per heavy atom. The van der Waals surface area contributed by atoms with E-state index < -0.39 is 0 Å². The molecule has 0 fully saturated rings. The minimum Gasteiger partial charge on any atom is -0.442 e. The molecule has 0 saturated carbocycles. The second kappa shape index (κ2) is 3.99. The Balaban J connectivity index is 0.000000853. The van der Waals surface area contributed by atoms with Crippen LogP contribution >= 0.6 is 11.6 Å². The molecule has 4 heteroatoms. The van der Waals surface area contributed by atoms with E-state index in [-0.39, 0.29) is 22.4 Å². The average molecular weight is 310 g/mol. The molecule has 0 spiro atoms. The number of aromatic nitrogens is 2. The fourth-order valence-corrected chi connectivity index (χ4v) is 1.90. The van der Waals surface area contributed by atoms with Crippen LogP contribution in [0.15, 0.2) is 36.5 Å². The van der Waals surface area contributed by atoms with Gasteiger partial charge in [-0.05, 0) is 28.0 Å². The third-order valence-corrected chi connectivity index (χ3v) is 2.59. The van der Waals surface area contributed by atoms with Crippen LogP contribution in [-0.2, 0) is 22.4 Å². The molecule has 0 amide bonds. The Kier molecular flexibility index (Phi) is 2.85. The van der Waals surface area contributed by atoms with Crippen LogP contribution in [0.25, 0.3) is 21.9 Å². The Labute approximate surface area is 107 Å². The minimum absolute atomic E-state index is 0. The van der Waals surface area contributed by atoms with Gasteiger partial charge in [0.15, 0.2) is 0 Å². The molecule has 3 aromatic rings. The molecule has 0 bridgehead atoms. The van der Waals surface area contributed by atoms with Crippen molar-refractivity contribution in [3.05, 3.63) is 41.6 Å². The van der Waals surface area contributed by atoms with Crippen molar-refractivity contribution in [3.63, 3.8) is 0 Å². The molecule has 0 N–H and O–H groups in total. The number of nitrogens with zero attached hydrogens (tertiary/aromatic N) is 2. The summed E-state index contributed by atoms with van der Waals surface area (Å²) in [4.78, 5) is 8.56. The van der Waals surface area contributed by atoms with Crippen LogP contribution in [0.5, 0.6) is 0 Å². The first-order valence-corrected chi connectivity index (χ1v) is 4.70. The van der Waals surface area contributed by atoms with E-state index in [4.69, 9.17) is 11.6 Å². The number of hydrogen-bond acceptors (Lipinski definition) is 1. The van der Waals surface area contributed by atoms with Crippen molar-refractivity contribution in [2.24, 2.45) is 0 Å². The quantitative estimate of drug-likeness (QED) is 0.597. The molecule has 0 aliphatic heterocycles. The normalized spacial score (nSPS) is 10.5. The minimum atomic E-state index is 0. The van der Waals surface area contributed by atoms with Crippen LogP contribution in [0.2, 0.25) is 5.02 Å². The number of rotatable bonds is 0. The number of hydrogen-bond donors (Lipinski definition) is 0. The third kappa shape index (κ3) is 1.60. The Bertz CT molecular complexity index is 618. The first-order chi connectivity index (χ1) is 6.86. The van der Waals surface area contributed by atoms with Gasteiger partial charge in [-0.3, -0.25) is 0 Å². The van der Waals surface area contributed by atoms with Crippen molar-refractivity contribution in [2.75, 3.05) is 0 Å². The monoisotopic (exact) mass is 308 g/mol. The van der Waals surface area contributed by atoms with Gasteiger partial charge in [-0.15, -0.1) is 0 Å². The Morgan fingerprint density at radius 1 is 1.13 bits per heavy atom. The van der Waals surface area contributed by atoms with Crippen LogP contribution in [0.4, 0.5) is 0 Å². The number of fused-ring (bicyclic) bond motifs is 3. The molecule has 0 saturated heterocycles. The topological polar surface area (TPSA) is 27.0 Å². The van der Waals surface area contributed by atoms with Gasteiger partial charge in [0.1, 0.15) is 0 Å². The Morgan fingerprint density at radius 2 is 1.93 bits per heavy atom. The molecule has 0 unspecified atom stereocenters. The number of pyridine rings is 1. The molecule has 2 aromatic heterocycles. The van der Waals surface area contributed by atoms with Crippen LogP contribution in [0, 0.1) is 0 Å². The van der Waals surface area contributed by atoms with E-state index in [1.165, 1.54) is 0 Å². The molecule has 78 valence electrons. The summed E-state index contributed by atoms with van der Waals surface area (Å²) in [7, 11) is 0. The average Bonchev–Trinajstić information content (AvgIpc) is 2.57. The largest absolute Gasteiger partial charge is 1.00 e. The van der Waals surface area contributed by atoms with E-state index in [1.54, 1.807) is 12.3 Å². The number of para-hydroxylation sites is 1. The summed E-state index contributed by atoms with van der Waals surface area (Å²) in [6.07, 6.45) is 1.68. The van der Waals surface area contributed by atoms with E-state index in [9.17, 15) is 0 Å². The zero-order valence-electron chi connectivity index (χ0n) is 7.54. The van der Waals surface area contributed by atoms with E-state index in [0.29, 0.717) is 5.02 Å². The standard InChI is InChI=1S/C11H6ClN2.Ag/c12-8-5-6-13-11-10(8)7-3-1-2-4-9(7)14-11;/h1-6H;/q-1;+1. The zero-order chi connectivity index (χ0) is 9.54. The SMILES string of the molecule is Clc1ccnc2[n-]c3ccccc3c12.[Ag+]. The van der Waals surface area contributed by atoms with Crippen molar-refractivity contribution in [1.82, 2.24) is 9.97 Å². The number of benzene rings is 1. The summed E-state index contributed by atoms with van der Waals surface area (Å²) in [5, 5.41) is 2.73. The van der Waals surface area contributed by atoms with Gasteiger partial charge in [0.2, 0.25) is 0 Å². The second-order valence-corrected chi connectivity index (χ2v) is 3.53. The zero-order valence-corrected chi connectivity index (χ0v) is 9.78. The van der Waals surface area contributed by atoms with Gasteiger partial charge in [-0.2, -0.15) is 0 Å².